The average molecular weight is 273 g/mol. The third kappa shape index (κ3) is 2.78. The van der Waals surface area contributed by atoms with E-state index in [1.54, 1.807) is 18.2 Å². The predicted molar refractivity (Wildman–Crippen MR) is 74.6 cm³/mol. The minimum Gasteiger partial charge on any atom is -0.508 e. The van der Waals surface area contributed by atoms with Crippen LogP contribution in [0.2, 0.25) is 0 Å². The molecule has 0 aliphatic carbocycles. The molecule has 0 unspecified atom stereocenters. The number of benzene rings is 2. The maximum absolute atomic E-state index is 10.6. The quantitative estimate of drug-likeness (QED) is 0.662. The van der Waals surface area contributed by atoms with Crippen LogP contribution in [0.4, 0.5) is 5.69 Å². The summed E-state index contributed by atoms with van der Waals surface area (Å²) in [5, 5.41) is 30.7. The Hall–Kier alpha value is -2.40. The molecule has 0 heterocycles. The first kappa shape index (κ1) is 14.0. The van der Waals surface area contributed by atoms with Crippen molar-refractivity contribution in [2.24, 2.45) is 0 Å². The highest BCUT2D eigenvalue weighted by atomic mass is 16.6. The standard InChI is InChI=1S/C15H15NO4/c1-2-10-3-8-14(17)13(9-10)15(18)11-4-6-12(7-5-11)16(19)20/h3-9,15,17-18H,2H2,1H3/t15-/m1/s1. The molecule has 0 fully saturated rings. The van der Waals surface area contributed by atoms with Crippen molar-refractivity contribution < 1.29 is 15.1 Å². The number of nitro groups is 1. The minimum absolute atomic E-state index is 0.00746. The van der Waals surface area contributed by atoms with Crippen molar-refractivity contribution in [2.45, 2.75) is 19.4 Å². The summed E-state index contributed by atoms with van der Waals surface area (Å²) < 4.78 is 0. The largest absolute Gasteiger partial charge is 0.508 e. The van der Waals surface area contributed by atoms with Crippen molar-refractivity contribution in [1.29, 1.82) is 0 Å². The molecule has 1 atom stereocenters. The lowest BCUT2D eigenvalue weighted by molar-refractivity contribution is -0.384. The van der Waals surface area contributed by atoms with Crippen LogP contribution in [-0.2, 0) is 6.42 Å². The Kier molecular flexibility index (Phi) is 4.00. The van der Waals surface area contributed by atoms with E-state index in [2.05, 4.69) is 0 Å². The number of hydrogen-bond donors (Lipinski definition) is 2. The zero-order valence-corrected chi connectivity index (χ0v) is 11.0. The number of hydrogen-bond acceptors (Lipinski definition) is 4. The number of non-ortho nitro benzene ring substituents is 1. The Morgan fingerprint density at radius 2 is 1.85 bits per heavy atom. The maximum Gasteiger partial charge on any atom is 0.269 e. The van der Waals surface area contributed by atoms with E-state index in [1.165, 1.54) is 24.3 Å². The number of aromatic hydroxyl groups is 1. The molecule has 2 N–H and O–H groups in total. The second-order valence-electron chi connectivity index (χ2n) is 4.50. The molecule has 20 heavy (non-hydrogen) atoms. The fourth-order valence-electron chi connectivity index (χ4n) is 2.00. The number of rotatable bonds is 4. The lowest BCUT2D eigenvalue weighted by Gasteiger charge is -2.14. The Bertz CT molecular complexity index is 622. The van der Waals surface area contributed by atoms with E-state index < -0.39 is 11.0 Å². The van der Waals surface area contributed by atoms with Crippen molar-refractivity contribution in [3.63, 3.8) is 0 Å². The number of phenolic OH excluding ortho intramolecular Hbond substituents is 1. The van der Waals surface area contributed by atoms with Crippen molar-refractivity contribution >= 4 is 5.69 Å². The molecular formula is C15H15NO4. The van der Waals surface area contributed by atoms with Crippen molar-refractivity contribution in [3.8, 4) is 5.75 Å². The molecule has 0 saturated carbocycles. The van der Waals surface area contributed by atoms with E-state index in [1.807, 2.05) is 6.92 Å². The van der Waals surface area contributed by atoms with Gasteiger partial charge in [0.25, 0.3) is 5.69 Å². The molecule has 0 bridgehead atoms. The summed E-state index contributed by atoms with van der Waals surface area (Å²) in [7, 11) is 0. The number of nitrogens with zero attached hydrogens (tertiary/aromatic N) is 1. The van der Waals surface area contributed by atoms with Gasteiger partial charge in [-0.2, -0.15) is 0 Å². The molecular weight excluding hydrogens is 258 g/mol. The van der Waals surface area contributed by atoms with Crippen LogP contribution in [0.25, 0.3) is 0 Å². The number of phenols is 1. The minimum atomic E-state index is -1.01. The summed E-state index contributed by atoms with van der Waals surface area (Å²) in [6.07, 6.45) is -0.220. The molecule has 0 aromatic heterocycles. The third-order valence-electron chi connectivity index (χ3n) is 3.21. The smallest absolute Gasteiger partial charge is 0.269 e. The number of aliphatic hydroxyl groups is 1. The normalized spacial score (nSPS) is 12.1. The summed E-state index contributed by atoms with van der Waals surface area (Å²) >= 11 is 0. The van der Waals surface area contributed by atoms with Crippen LogP contribution in [0.5, 0.6) is 5.75 Å². The SMILES string of the molecule is CCc1ccc(O)c([C@H](O)c2ccc([N+](=O)[O-])cc2)c1. The predicted octanol–water partition coefficient (Wildman–Crippen LogP) is 2.94. The zero-order valence-electron chi connectivity index (χ0n) is 11.0. The van der Waals surface area contributed by atoms with E-state index in [-0.39, 0.29) is 11.4 Å². The van der Waals surface area contributed by atoms with Gasteiger partial charge in [-0.25, -0.2) is 0 Å². The van der Waals surface area contributed by atoms with E-state index in [0.717, 1.165) is 12.0 Å². The fraction of sp³-hybridized carbons (Fsp3) is 0.200. The molecule has 5 heteroatoms. The second kappa shape index (κ2) is 5.71. The number of aryl methyl sites for hydroxylation is 1. The van der Waals surface area contributed by atoms with Crippen molar-refractivity contribution in [2.75, 3.05) is 0 Å². The van der Waals surface area contributed by atoms with E-state index in [0.29, 0.717) is 11.1 Å². The highest BCUT2D eigenvalue weighted by molar-refractivity contribution is 5.43. The summed E-state index contributed by atoms with van der Waals surface area (Å²) in [4.78, 5) is 10.1. The summed E-state index contributed by atoms with van der Waals surface area (Å²) in [6, 6.07) is 10.7. The highest BCUT2D eigenvalue weighted by Gasteiger charge is 2.16. The van der Waals surface area contributed by atoms with Crippen LogP contribution in [0, 0.1) is 10.1 Å². The lowest BCUT2D eigenvalue weighted by Crippen LogP contribution is -2.01. The molecule has 2 aromatic rings. The summed E-state index contributed by atoms with van der Waals surface area (Å²) in [6.45, 7) is 1.98. The molecule has 2 aromatic carbocycles. The molecule has 0 aliphatic rings. The van der Waals surface area contributed by atoms with Gasteiger partial charge in [-0.05, 0) is 41.8 Å². The van der Waals surface area contributed by atoms with Gasteiger partial charge in [0.1, 0.15) is 11.9 Å². The van der Waals surface area contributed by atoms with Gasteiger partial charge in [0.05, 0.1) is 4.92 Å². The topological polar surface area (TPSA) is 83.6 Å². The van der Waals surface area contributed by atoms with Crippen LogP contribution in [0.3, 0.4) is 0 Å². The van der Waals surface area contributed by atoms with Gasteiger partial charge >= 0.3 is 0 Å². The van der Waals surface area contributed by atoms with Crippen molar-refractivity contribution in [3.05, 3.63) is 69.3 Å². The van der Waals surface area contributed by atoms with E-state index >= 15 is 0 Å². The molecule has 0 spiro atoms. The first-order valence-corrected chi connectivity index (χ1v) is 6.27. The molecule has 0 amide bonds. The highest BCUT2D eigenvalue weighted by Crippen LogP contribution is 2.31. The molecule has 0 aliphatic heterocycles. The van der Waals surface area contributed by atoms with Crippen LogP contribution in [0.15, 0.2) is 42.5 Å². The van der Waals surface area contributed by atoms with E-state index in [9.17, 15) is 20.3 Å². The first-order chi connectivity index (χ1) is 9.52. The van der Waals surface area contributed by atoms with Gasteiger partial charge < -0.3 is 10.2 Å². The Labute approximate surface area is 116 Å². The van der Waals surface area contributed by atoms with Gasteiger partial charge in [-0.3, -0.25) is 10.1 Å². The van der Waals surface area contributed by atoms with E-state index in [4.69, 9.17) is 0 Å². The van der Waals surface area contributed by atoms with Crippen LogP contribution in [0.1, 0.15) is 29.7 Å². The number of aliphatic hydroxyl groups excluding tert-OH is 1. The Balaban J connectivity index is 2.35. The second-order valence-corrected chi connectivity index (χ2v) is 4.50. The van der Waals surface area contributed by atoms with Gasteiger partial charge in [0, 0.05) is 17.7 Å². The Morgan fingerprint density at radius 1 is 1.20 bits per heavy atom. The van der Waals surface area contributed by atoms with Crippen LogP contribution in [-0.4, -0.2) is 15.1 Å². The van der Waals surface area contributed by atoms with Crippen LogP contribution >= 0.6 is 0 Å². The van der Waals surface area contributed by atoms with Gasteiger partial charge in [-0.15, -0.1) is 0 Å². The number of nitro benzene ring substituents is 1. The Morgan fingerprint density at radius 3 is 2.40 bits per heavy atom. The van der Waals surface area contributed by atoms with Crippen LogP contribution < -0.4 is 0 Å². The maximum atomic E-state index is 10.6. The van der Waals surface area contributed by atoms with Gasteiger partial charge in [0.2, 0.25) is 0 Å². The summed E-state index contributed by atoms with van der Waals surface area (Å²) in [5.41, 5.74) is 1.86. The third-order valence-corrected chi connectivity index (χ3v) is 3.21. The molecule has 5 nitrogen and oxygen atoms in total. The molecule has 0 saturated heterocycles. The molecule has 104 valence electrons. The monoisotopic (exact) mass is 273 g/mol. The zero-order chi connectivity index (χ0) is 14.7. The van der Waals surface area contributed by atoms with Crippen molar-refractivity contribution in [1.82, 2.24) is 0 Å². The summed E-state index contributed by atoms with van der Waals surface area (Å²) in [5.74, 6) is 0.00746. The fourth-order valence-corrected chi connectivity index (χ4v) is 2.00. The van der Waals surface area contributed by atoms with Gasteiger partial charge in [0.15, 0.2) is 0 Å². The average Bonchev–Trinajstić information content (AvgIpc) is 2.47. The van der Waals surface area contributed by atoms with Gasteiger partial charge in [-0.1, -0.05) is 13.0 Å². The molecule has 2 rings (SSSR count). The first-order valence-electron chi connectivity index (χ1n) is 6.27. The lowest BCUT2D eigenvalue weighted by atomic mass is 9.98. The molecule has 0 radical (unpaired) electrons.